The summed E-state index contributed by atoms with van der Waals surface area (Å²) in [5, 5.41) is 4.61. The molecule has 0 unspecified atom stereocenters. The zero-order valence-electron chi connectivity index (χ0n) is 11.1. The maximum absolute atomic E-state index is 6.08. The average molecular weight is 407 g/mol. The monoisotopic (exact) mass is 405 g/mol. The van der Waals surface area contributed by atoms with Gasteiger partial charge < -0.3 is 5.73 Å². The summed E-state index contributed by atoms with van der Waals surface area (Å²) in [7, 11) is 0. The molecule has 0 spiro atoms. The highest BCUT2D eigenvalue weighted by Crippen LogP contribution is 2.28. The van der Waals surface area contributed by atoms with Gasteiger partial charge in [0.1, 0.15) is 5.82 Å². The largest absolute Gasteiger partial charge is 0.384 e. The minimum absolute atomic E-state index is 0.656. The predicted octanol–water partition coefficient (Wildman–Crippen LogP) is 4.71. The molecule has 3 aromatic rings. The lowest BCUT2D eigenvalue weighted by molar-refractivity contribution is 0.699. The van der Waals surface area contributed by atoms with E-state index in [-0.39, 0.29) is 0 Å². The van der Waals surface area contributed by atoms with Crippen LogP contribution in [0.25, 0.3) is 11.3 Å². The van der Waals surface area contributed by atoms with Crippen LogP contribution in [0.15, 0.2) is 63.5 Å². The van der Waals surface area contributed by atoms with Crippen LogP contribution in [-0.2, 0) is 6.54 Å². The van der Waals surface area contributed by atoms with Gasteiger partial charge in [0.15, 0.2) is 0 Å². The van der Waals surface area contributed by atoms with Gasteiger partial charge in [0.25, 0.3) is 0 Å². The number of halogens is 2. The Morgan fingerprint density at radius 2 is 1.71 bits per heavy atom. The third kappa shape index (κ3) is 3.19. The van der Waals surface area contributed by atoms with Gasteiger partial charge in [-0.25, -0.2) is 4.68 Å². The molecule has 1 heterocycles. The van der Waals surface area contributed by atoms with Crippen LogP contribution in [0.2, 0.25) is 0 Å². The fourth-order valence-corrected chi connectivity index (χ4v) is 2.87. The van der Waals surface area contributed by atoms with Crippen molar-refractivity contribution in [2.24, 2.45) is 0 Å². The topological polar surface area (TPSA) is 43.8 Å². The van der Waals surface area contributed by atoms with Crippen molar-refractivity contribution in [3.63, 3.8) is 0 Å². The number of anilines is 1. The van der Waals surface area contributed by atoms with Crippen LogP contribution in [-0.4, -0.2) is 9.78 Å². The molecule has 21 heavy (non-hydrogen) atoms. The first-order valence-electron chi connectivity index (χ1n) is 6.46. The zero-order chi connectivity index (χ0) is 14.8. The smallest absolute Gasteiger partial charge is 0.122 e. The SMILES string of the molecule is Nc1cc(-c2ccccc2Br)nn1Cc1ccc(Br)cc1. The molecule has 2 N–H and O–H groups in total. The molecule has 0 amide bonds. The molecule has 106 valence electrons. The fraction of sp³-hybridized carbons (Fsp3) is 0.0625. The van der Waals surface area contributed by atoms with Crippen LogP contribution in [0.5, 0.6) is 0 Å². The van der Waals surface area contributed by atoms with Crippen LogP contribution in [0, 0.1) is 0 Å². The molecule has 0 aliphatic carbocycles. The fourth-order valence-electron chi connectivity index (χ4n) is 2.12. The number of nitrogens with two attached hydrogens (primary N) is 1. The molecule has 0 radical (unpaired) electrons. The van der Waals surface area contributed by atoms with Crippen LogP contribution in [0.4, 0.5) is 5.82 Å². The maximum Gasteiger partial charge on any atom is 0.122 e. The molecule has 0 saturated heterocycles. The first-order chi connectivity index (χ1) is 10.1. The average Bonchev–Trinajstić information content (AvgIpc) is 2.83. The highest BCUT2D eigenvalue weighted by molar-refractivity contribution is 9.10. The van der Waals surface area contributed by atoms with Gasteiger partial charge in [-0.05, 0) is 23.8 Å². The Morgan fingerprint density at radius 3 is 2.43 bits per heavy atom. The Labute approximate surface area is 140 Å². The predicted molar refractivity (Wildman–Crippen MR) is 93.0 cm³/mol. The molecule has 0 saturated carbocycles. The Balaban J connectivity index is 1.91. The van der Waals surface area contributed by atoms with Gasteiger partial charge in [-0.15, -0.1) is 0 Å². The molecule has 3 nitrogen and oxygen atoms in total. The number of hydrogen-bond acceptors (Lipinski definition) is 2. The second-order valence-electron chi connectivity index (χ2n) is 4.72. The molecule has 5 heteroatoms. The second kappa shape index (κ2) is 6.03. The van der Waals surface area contributed by atoms with Crippen molar-refractivity contribution < 1.29 is 0 Å². The molecule has 1 aromatic heterocycles. The minimum atomic E-state index is 0.656. The Bertz CT molecular complexity index is 763. The van der Waals surface area contributed by atoms with E-state index in [0.717, 1.165) is 25.8 Å². The highest BCUT2D eigenvalue weighted by atomic mass is 79.9. The van der Waals surface area contributed by atoms with Crippen molar-refractivity contribution in [3.8, 4) is 11.3 Å². The lowest BCUT2D eigenvalue weighted by atomic mass is 10.1. The van der Waals surface area contributed by atoms with E-state index in [1.54, 1.807) is 0 Å². The number of benzene rings is 2. The van der Waals surface area contributed by atoms with Crippen LogP contribution in [0.3, 0.4) is 0 Å². The van der Waals surface area contributed by atoms with Crippen LogP contribution in [0.1, 0.15) is 5.56 Å². The Kier molecular flexibility index (Phi) is 4.12. The molecule has 0 fully saturated rings. The molecule has 2 aromatic carbocycles. The molecular formula is C16H13Br2N3. The van der Waals surface area contributed by atoms with Gasteiger partial charge in [-0.2, -0.15) is 5.10 Å². The lowest BCUT2D eigenvalue weighted by Crippen LogP contribution is -2.05. The van der Waals surface area contributed by atoms with Gasteiger partial charge in [-0.1, -0.05) is 62.2 Å². The van der Waals surface area contributed by atoms with E-state index >= 15 is 0 Å². The van der Waals surface area contributed by atoms with Crippen molar-refractivity contribution in [2.75, 3.05) is 5.73 Å². The third-order valence-corrected chi connectivity index (χ3v) is 4.43. The molecule has 0 bridgehead atoms. The summed E-state index contributed by atoms with van der Waals surface area (Å²) < 4.78 is 3.89. The van der Waals surface area contributed by atoms with E-state index in [2.05, 4.69) is 49.1 Å². The highest BCUT2D eigenvalue weighted by Gasteiger charge is 2.10. The van der Waals surface area contributed by atoms with Crippen molar-refractivity contribution in [2.45, 2.75) is 6.54 Å². The quantitative estimate of drug-likeness (QED) is 0.684. The summed E-state index contributed by atoms with van der Waals surface area (Å²) in [5.74, 6) is 0.656. The molecular weight excluding hydrogens is 394 g/mol. The number of rotatable bonds is 3. The Morgan fingerprint density at radius 1 is 1.00 bits per heavy atom. The van der Waals surface area contributed by atoms with Crippen molar-refractivity contribution in [1.82, 2.24) is 9.78 Å². The summed E-state index contributed by atoms with van der Waals surface area (Å²) in [5.41, 5.74) is 9.15. The van der Waals surface area contributed by atoms with Gasteiger partial charge in [0.05, 0.1) is 12.2 Å². The third-order valence-electron chi connectivity index (χ3n) is 3.21. The maximum atomic E-state index is 6.08. The van der Waals surface area contributed by atoms with E-state index in [4.69, 9.17) is 5.73 Å². The number of hydrogen-bond donors (Lipinski definition) is 1. The van der Waals surface area contributed by atoms with Crippen molar-refractivity contribution in [3.05, 3.63) is 69.1 Å². The standard InChI is InChI=1S/C16H13Br2N3/c17-12-7-5-11(6-8-12)10-21-16(19)9-15(20-21)13-3-1-2-4-14(13)18/h1-9H,10,19H2. The van der Waals surface area contributed by atoms with Crippen LogP contribution < -0.4 is 5.73 Å². The van der Waals surface area contributed by atoms with E-state index in [9.17, 15) is 0 Å². The normalized spacial score (nSPS) is 10.8. The van der Waals surface area contributed by atoms with Gasteiger partial charge >= 0.3 is 0 Å². The summed E-state index contributed by atoms with van der Waals surface area (Å²) in [6.45, 7) is 0.656. The minimum Gasteiger partial charge on any atom is -0.384 e. The summed E-state index contributed by atoms with van der Waals surface area (Å²) in [4.78, 5) is 0. The van der Waals surface area contributed by atoms with Crippen molar-refractivity contribution in [1.29, 1.82) is 0 Å². The van der Waals surface area contributed by atoms with Crippen LogP contribution >= 0.6 is 31.9 Å². The molecule has 0 atom stereocenters. The number of nitrogen functional groups attached to an aromatic ring is 1. The zero-order valence-corrected chi connectivity index (χ0v) is 14.3. The van der Waals surface area contributed by atoms with Gasteiger partial charge in [-0.3, -0.25) is 0 Å². The molecule has 3 rings (SSSR count). The van der Waals surface area contributed by atoms with E-state index in [1.165, 1.54) is 0 Å². The van der Waals surface area contributed by atoms with E-state index < -0.39 is 0 Å². The van der Waals surface area contributed by atoms with Gasteiger partial charge in [0.2, 0.25) is 0 Å². The first-order valence-corrected chi connectivity index (χ1v) is 8.05. The summed E-state index contributed by atoms with van der Waals surface area (Å²) in [6.07, 6.45) is 0. The lowest BCUT2D eigenvalue weighted by Gasteiger charge is -2.04. The first kappa shape index (κ1) is 14.4. The number of aromatic nitrogens is 2. The van der Waals surface area contributed by atoms with E-state index in [0.29, 0.717) is 12.4 Å². The number of nitrogens with zero attached hydrogens (tertiary/aromatic N) is 2. The van der Waals surface area contributed by atoms with E-state index in [1.807, 2.05) is 47.1 Å². The summed E-state index contributed by atoms with van der Waals surface area (Å²) in [6, 6.07) is 18.0. The molecule has 0 aliphatic rings. The van der Waals surface area contributed by atoms with Gasteiger partial charge in [0, 0.05) is 20.6 Å². The second-order valence-corrected chi connectivity index (χ2v) is 6.49. The molecule has 0 aliphatic heterocycles. The van der Waals surface area contributed by atoms with Crippen molar-refractivity contribution >= 4 is 37.7 Å². The Hall–Kier alpha value is -1.59. The summed E-state index contributed by atoms with van der Waals surface area (Å²) >= 11 is 6.98.